The van der Waals surface area contributed by atoms with E-state index in [1.165, 1.54) is 12.1 Å². The monoisotopic (exact) mass is 376 g/mol. The van der Waals surface area contributed by atoms with Crippen LogP contribution in [-0.4, -0.2) is 30.2 Å². The SMILES string of the molecule is O=C(CN[C@@H]1CCC[C@@H]1CCO)N[C@H](c1ccc(F)cc1)c1cccs1. The second-order valence-corrected chi connectivity index (χ2v) is 7.74. The maximum atomic E-state index is 13.2. The van der Waals surface area contributed by atoms with Crippen molar-refractivity contribution in [3.8, 4) is 0 Å². The van der Waals surface area contributed by atoms with Crippen molar-refractivity contribution in [2.75, 3.05) is 13.2 Å². The van der Waals surface area contributed by atoms with Crippen LogP contribution in [0.2, 0.25) is 0 Å². The van der Waals surface area contributed by atoms with Gasteiger partial charge >= 0.3 is 0 Å². The second kappa shape index (κ2) is 9.26. The van der Waals surface area contributed by atoms with Gasteiger partial charge in [-0.1, -0.05) is 24.6 Å². The van der Waals surface area contributed by atoms with Gasteiger partial charge in [0.15, 0.2) is 0 Å². The van der Waals surface area contributed by atoms with E-state index in [1.54, 1.807) is 23.5 Å². The summed E-state index contributed by atoms with van der Waals surface area (Å²) in [7, 11) is 0. The van der Waals surface area contributed by atoms with Gasteiger partial charge in [0.1, 0.15) is 5.82 Å². The third-order valence-electron chi connectivity index (χ3n) is 5.02. The van der Waals surface area contributed by atoms with E-state index in [0.717, 1.165) is 36.1 Å². The lowest BCUT2D eigenvalue weighted by Crippen LogP contribution is -2.42. The largest absolute Gasteiger partial charge is 0.396 e. The summed E-state index contributed by atoms with van der Waals surface area (Å²) in [5, 5.41) is 17.5. The van der Waals surface area contributed by atoms with Gasteiger partial charge in [-0.3, -0.25) is 4.79 Å². The van der Waals surface area contributed by atoms with E-state index in [9.17, 15) is 9.18 Å². The number of carbonyl (C=O) groups is 1. The Morgan fingerprint density at radius 3 is 2.77 bits per heavy atom. The van der Waals surface area contributed by atoms with Crippen molar-refractivity contribution in [2.24, 2.45) is 5.92 Å². The topological polar surface area (TPSA) is 61.4 Å². The lowest BCUT2D eigenvalue weighted by atomic mass is 10.00. The minimum Gasteiger partial charge on any atom is -0.396 e. The molecule has 3 rings (SSSR count). The summed E-state index contributed by atoms with van der Waals surface area (Å²) in [6.07, 6.45) is 4.07. The van der Waals surface area contributed by atoms with Gasteiger partial charge in [-0.15, -0.1) is 11.3 Å². The molecule has 1 heterocycles. The van der Waals surface area contributed by atoms with E-state index in [-0.39, 0.29) is 30.9 Å². The van der Waals surface area contributed by atoms with Crippen LogP contribution < -0.4 is 10.6 Å². The highest BCUT2D eigenvalue weighted by molar-refractivity contribution is 7.10. The number of benzene rings is 1. The Bertz CT molecular complexity index is 690. The maximum Gasteiger partial charge on any atom is 0.234 e. The molecule has 0 radical (unpaired) electrons. The first-order chi connectivity index (χ1) is 12.7. The summed E-state index contributed by atoms with van der Waals surface area (Å²) in [4.78, 5) is 13.5. The highest BCUT2D eigenvalue weighted by Crippen LogP contribution is 2.28. The van der Waals surface area contributed by atoms with E-state index in [1.807, 2.05) is 17.5 Å². The van der Waals surface area contributed by atoms with E-state index in [0.29, 0.717) is 12.0 Å². The Morgan fingerprint density at radius 1 is 1.27 bits per heavy atom. The van der Waals surface area contributed by atoms with Crippen molar-refractivity contribution in [2.45, 2.75) is 37.8 Å². The minimum absolute atomic E-state index is 0.0811. The Kier molecular flexibility index (Phi) is 6.77. The number of halogens is 1. The number of carbonyl (C=O) groups excluding carboxylic acids is 1. The number of thiophene rings is 1. The van der Waals surface area contributed by atoms with Gasteiger partial charge in [0.2, 0.25) is 5.91 Å². The van der Waals surface area contributed by atoms with E-state index in [2.05, 4.69) is 10.6 Å². The number of amides is 1. The van der Waals surface area contributed by atoms with Crippen molar-refractivity contribution in [1.82, 2.24) is 10.6 Å². The summed E-state index contributed by atoms with van der Waals surface area (Å²) in [6, 6.07) is 10.2. The molecule has 1 aromatic heterocycles. The highest BCUT2D eigenvalue weighted by Gasteiger charge is 2.27. The third-order valence-corrected chi connectivity index (χ3v) is 5.96. The molecule has 0 spiro atoms. The molecule has 3 atom stereocenters. The zero-order valence-electron chi connectivity index (χ0n) is 14.7. The van der Waals surface area contributed by atoms with E-state index < -0.39 is 0 Å². The molecule has 0 saturated heterocycles. The predicted molar refractivity (Wildman–Crippen MR) is 102 cm³/mol. The molecule has 26 heavy (non-hydrogen) atoms. The van der Waals surface area contributed by atoms with Crippen LogP contribution in [0.5, 0.6) is 0 Å². The van der Waals surface area contributed by atoms with Gasteiger partial charge < -0.3 is 15.7 Å². The molecule has 1 fully saturated rings. The van der Waals surface area contributed by atoms with Crippen LogP contribution in [0.4, 0.5) is 4.39 Å². The van der Waals surface area contributed by atoms with Gasteiger partial charge in [-0.05, 0) is 54.3 Å². The number of hydrogen-bond donors (Lipinski definition) is 3. The van der Waals surface area contributed by atoms with Crippen molar-refractivity contribution in [1.29, 1.82) is 0 Å². The Labute approximate surface area is 157 Å². The molecular formula is C20H25FN2O2S. The molecule has 1 aliphatic carbocycles. The fourth-order valence-corrected chi connectivity index (χ4v) is 4.48. The third kappa shape index (κ3) is 4.90. The van der Waals surface area contributed by atoms with Crippen LogP contribution in [0.3, 0.4) is 0 Å². The molecule has 2 aromatic rings. The number of rotatable bonds is 8. The normalized spacial score (nSPS) is 20.8. The first-order valence-electron chi connectivity index (χ1n) is 9.10. The van der Waals surface area contributed by atoms with Crippen molar-refractivity contribution in [3.63, 3.8) is 0 Å². The smallest absolute Gasteiger partial charge is 0.234 e. The van der Waals surface area contributed by atoms with Crippen LogP contribution >= 0.6 is 11.3 Å². The number of nitrogens with one attached hydrogen (secondary N) is 2. The molecule has 4 nitrogen and oxygen atoms in total. The van der Waals surface area contributed by atoms with Crippen LogP contribution in [0.1, 0.15) is 42.2 Å². The first-order valence-corrected chi connectivity index (χ1v) is 9.98. The molecule has 0 bridgehead atoms. The van der Waals surface area contributed by atoms with Crippen LogP contribution in [-0.2, 0) is 4.79 Å². The molecule has 1 aromatic carbocycles. The lowest BCUT2D eigenvalue weighted by Gasteiger charge is -2.22. The van der Waals surface area contributed by atoms with Crippen molar-refractivity contribution >= 4 is 17.2 Å². The number of hydrogen-bond acceptors (Lipinski definition) is 4. The zero-order valence-corrected chi connectivity index (χ0v) is 15.5. The Balaban J connectivity index is 1.61. The Hall–Kier alpha value is -1.76. The molecular weight excluding hydrogens is 351 g/mol. The van der Waals surface area contributed by atoms with Gasteiger partial charge in [0.05, 0.1) is 12.6 Å². The first kappa shape index (κ1) is 19.0. The molecule has 0 aliphatic heterocycles. The summed E-state index contributed by atoms with van der Waals surface area (Å²) in [5.41, 5.74) is 0.862. The van der Waals surface area contributed by atoms with Crippen molar-refractivity contribution in [3.05, 3.63) is 58.0 Å². The van der Waals surface area contributed by atoms with E-state index >= 15 is 0 Å². The molecule has 1 aliphatic rings. The molecule has 6 heteroatoms. The lowest BCUT2D eigenvalue weighted by molar-refractivity contribution is -0.120. The summed E-state index contributed by atoms with van der Waals surface area (Å²) >= 11 is 1.57. The standard InChI is InChI=1S/C20H25FN2O2S/c21-16-8-6-15(7-9-16)20(18-5-2-12-26-18)23-19(25)13-22-17-4-1-3-14(17)10-11-24/h2,5-9,12,14,17,20,22,24H,1,3-4,10-11,13H2,(H,23,25)/t14-,17-,20-/m1/s1. The predicted octanol–water partition coefficient (Wildman–Crippen LogP) is 3.23. The van der Waals surface area contributed by atoms with Gasteiger partial charge in [-0.2, -0.15) is 0 Å². The molecule has 1 amide bonds. The second-order valence-electron chi connectivity index (χ2n) is 6.76. The average Bonchev–Trinajstić information content (AvgIpc) is 3.31. The molecule has 3 N–H and O–H groups in total. The quantitative estimate of drug-likeness (QED) is 0.663. The molecule has 0 unspecified atom stereocenters. The molecule has 1 saturated carbocycles. The summed E-state index contributed by atoms with van der Waals surface area (Å²) in [5.74, 6) is 0.0724. The zero-order chi connectivity index (χ0) is 18.4. The number of aliphatic hydroxyl groups excluding tert-OH is 1. The van der Waals surface area contributed by atoms with Gasteiger partial charge in [-0.25, -0.2) is 4.39 Å². The number of aliphatic hydroxyl groups is 1. The highest BCUT2D eigenvalue weighted by atomic mass is 32.1. The van der Waals surface area contributed by atoms with Crippen LogP contribution in [0, 0.1) is 11.7 Å². The maximum absolute atomic E-state index is 13.2. The summed E-state index contributed by atoms with van der Waals surface area (Å²) in [6.45, 7) is 0.440. The van der Waals surface area contributed by atoms with Crippen LogP contribution in [0.25, 0.3) is 0 Å². The van der Waals surface area contributed by atoms with Gasteiger partial charge in [0.25, 0.3) is 0 Å². The van der Waals surface area contributed by atoms with E-state index in [4.69, 9.17) is 5.11 Å². The van der Waals surface area contributed by atoms with Crippen LogP contribution in [0.15, 0.2) is 41.8 Å². The fourth-order valence-electron chi connectivity index (χ4n) is 3.68. The summed E-state index contributed by atoms with van der Waals surface area (Å²) < 4.78 is 13.2. The average molecular weight is 376 g/mol. The van der Waals surface area contributed by atoms with Gasteiger partial charge in [0, 0.05) is 17.5 Å². The Morgan fingerprint density at radius 2 is 2.08 bits per heavy atom. The minimum atomic E-state index is -0.289. The molecule has 140 valence electrons. The fraction of sp³-hybridized carbons (Fsp3) is 0.450. The van der Waals surface area contributed by atoms with Crippen molar-refractivity contribution < 1.29 is 14.3 Å².